The summed E-state index contributed by atoms with van der Waals surface area (Å²) in [6.45, 7) is -1.29. The zero-order valence-electron chi connectivity index (χ0n) is 19.3. The summed E-state index contributed by atoms with van der Waals surface area (Å²) in [4.78, 5) is 34.9. The average molecular weight is 502 g/mol. The van der Waals surface area contributed by atoms with E-state index in [-0.39, 0.29) is 26.0 Å². The number of amides is 2. The fourth-order valence-corrected chi connectivity index (χ4v) is 3.22. The molecule has 198 valence electrons. The highest BCUT2D eigenvalue weighted by Gasteiger charge is 2.46. The van der Waals surface area contributed by atoms with E-state index < -0.39 is 55.0 Å². The average Bonchev–Trinajstić information content (AvgIpc) is 2.84. The smallest absolute Gasteiger partial charge is 0.425 e. The van der Waals surface area contributed by atoms with E-state index in [0.29, 0.717) is 19.3 Å². The van der Waals surface area contributed by atoms with Gasteiger partial charge in [-0.3, -0.25) is 9.59 Å². The Morgan fingerprint density at radius 2 is 1.69 bits per heavy atom. The largest absolute Gasteiger partial charge is 0.480 e. The molecule has 0 unspecified atom stereocenters. The summed E-state index contributed by atoms with van der Waals surface area (Å²) in [5.74, 6) is -2.51. The molecular formula is C22H35N3O10. The van der Waals surface area contributed by atoms with Gasteiger partial charge in [0, 0.05) is 6.54 Å². The molecule has 0 aromatic heterocycles. The van der Waals surface area contributed by atoms with Crippen LogP contribution in [0.5, 0.6) is 0 Å². The number of aliphatic hydroxyl groups is 5. The van der Waals surface area contributed by atoms with Crippen LogP contribution in [-0.4, -0.2) is 97.2 Å². The normalized spacial score (nSPS) is 15.5. The molecule has 0 saturated heterocycles. The molecule has 13 nitrogen and oxygen atoms in total. The van der Waals surface area contributed by atoms with Gasteiger partial charge >= 0.3 is 12.1 Å². The van der Waals surface area contributed by atoms with Crippen molar-refractivity contribution < 1.29 is 49.8 Å². The van der Waals surface area contributed by atoms with Crippen LogP contribution >= 0.6 is 0 Å². The number of carbonyl (C=O) groups is 3. The van der Waals surface area contributed by atoms with Crippen molar-refractivity contribution in [1.29, 1.82) is 0 Å². The number of nitrogens with zero attached hydrogens (tertiary/aromatic N) is 1. The molecule has 9 N–H and O–H groups in total. The lowest BCUT2D eigenvalue weighted by atomic mass is 9.85. The van der Waals surface area contributed by atoms with Gasteiger partial charge in [0.2, 0.25) is 0 Å². The van der Waals surface area contributed by atoms with E-state index in [1.54, 1.807) is 24.3 Å². The second kappa shape index (κ2) is 15.2. The number of aliphatic carboxylic acids is 1. The number of primary amides is 1. The summed E-state index contributed by atoms with van der Waals surface area (Å²) in [7, 11) is 0. The van der Waals surface area contributed by atoms with E-state index in [1.807, 2.05) is 6.07 Å². The first-order valence-corrected chi connectivity index (χ1v) is 11.1. The summed E-state index contributed by atoms with van der Waals surface area (Å²) in [6, 6.07) is 8.89. The number of benzene rings is 1. The van der Waals surface area contributed by atoms with Gasteiger partial charge in [-0.2, -0.15) is 0 Å². The lowest BCUT2D eigenvalue weighted by molar-refractivity contribution is -0.175. The lowest BCUT2D eigenvalue weighted by Crippen LogP contribution is -2.60. The molecule has 0 bridgehead atoms. The van der Waals surface area contributed by atoms with Gasteiger partial charge < -0.3 is 41.1 Å². The number of carboxylic acid groups (broad SMARTS) is 1. The molecule has 0 aliphatic heterocycles. The van der Waals surface area contributed by atoms with Crippen LogP contribution in [0, 0.1) is 0 Å². The third-order valence-corrected chi connectivity index (χ3v) is 5.33. The van der Waals surface area contributed by atoms with Crippen LogP contribution in [0.15, 0.2) is 30.3 Å². The molecule has 13 heteroatoms. The maximum atomic E-state index is 12.2. The minimum atomic E-state index is -2.51. The molecular weight excluding hydrogens is 466 g/mol. The van der Waals surface area contributed by atoms with Crippen LogP contribution in [0.25, 0.3) is 0 Å². The van der Waals surface area contributed by atoms with Crippen molar-refractivity contribution in [2.24, 2.45) is 5.73 Å². The first-order chi connectivity index (χ1) is 16.5. The van der Waals surface area contributed by atoms with Gasteiger partial charge in [0.1, 0.15) is 31.5 Å². The number of hydrogen-bond donors (Lipinski definition) is 8. The standard InChI is InChI=1S/C22H35N3O10/c23-20(32)22(34,19(31)18(30)16(27)13-26)10-6-1-2-7-11-24-25(12-17(28)29)21(33)35-14-15-8-4-3-5-9-15/h3-5,8-9,16,18-19,24,26-27,30-31,34H,1-2,6-7,10-14H2,(H2,23,32)(H,28,29)/t16-,18+,19+,22-/m1/s1. The Balaban J connectivity index is 2.44. The molecule has 0 saturated carbocycles. The SMILES string of the molecule is NC(=O)[C@@](O)(CCCCCCNN(CC(=O)O)C(=O)OCc1ccccc1)[C@@H](O)[C@@H](O)[C@H](O)CO. The van der Waals surface area contributed by atoms with Crippen LogP contribution in [0.1, 0.15) is 37.7 Å². The highest BCUT2D eigenvalue weighted by Crippen LogP contribution is 2.23. The van der Waals surface area contributed by atoms with Gasteiger partial charge in [0.05, 0.1) is 6.61 Å². The Hall–Kier alpha value is -2.81. The van der Waals surface area contributed by atoms with Gasteiger partial charge in [0.15, 0.2) is 5.60 Å². The number of aliphatic hydroxyl groups excluding tert-OH is 4. The minimum absolute atomic E-state index is 0.0177. The third kappa shape index (κ3) is 10.1. The van der Waals surface area contributed by atoms with Crippen molar-refractivity contribution in [2.75, 3.05) is 19.7 Å². The zero-order chi connectivity index (χ0) is 26.4. The Morgan fingerprint density at radius 1 is 1.06 bits per heavy atom. The van der Waals surface area contributed by atoms with E-state index in [9.17, 15) is 34.8 Å². The minimum Gasteiger partial charge on any atom is -0.480 e. The highest BCUT2D eigenvalue weighted by molar-refractivity contribution is 5.84. The molecule has 0 spiro atoms. The molecule has 0 radical (unpaired) electrons. The summed E-state index contributed by atoms with van der Waals surface area (Å²) in [5, 5.41) is 58.5. The second-order valence-corrected chi connectivity index (χ2v) is 8.07. The van der Waals surface area contributed by atoms with E-state index in [2.05, 4.69) is 5.43 Å². The molecule has 2 amide bonds. The predicted octanol–water partition coefficient (Wildman–Crippen LogP) is -1.54. The van der Waals surface area contributed by atoms with Crippen molar-refractivity contribution in [2.45, 2.75) is 62.6 Å². The lowest BCUT2D eigenvalue weighted by Gasteiger charge is -2.34. The number of carboxylic acids is 1. The fraction of sp³-hybridized carbons (Fsp3) is 0.591. The molecule has 0 heterocycles. The van der Waals surface area contributed by atoms with Gasteiger partial charge in [0.25, 0.3) is 5.91 Å². The van der Waals surface area contributed by atoms with Crippen LogP contribution in [0.4, 0.5) is 4.79 Å². The molecule has 0 aliphatic rings. The van der Waals surface area contributed by atoms with Crippen molar-refractivity contribution in [3.05, 3.63) is 35.9 Å². The van der Waals surface area contributed by atoms with Crippen LogP contribution in [0.2, 0.25) is 0 Å². The van der Waals surface area contributed by atoms with Crippen molar-refractivity contribution in [3.8, 4) is 0 Å². The van der Waals surface area contributed by atoms with Crippen molar-refractivity contribution in [3.63, 3.8) is 0 Å². The number of carbonyl (C=O) groups excluding carboxylic acids is 2. The molecule has 0 aliphatic carbocycles. The summed E-state index contributed by atoms with van der Waals surface area (Å²) < 4.78 is 5.13. The second-order valence-electron chi connectivity index (χ2n) is 8.07. The Bertz CT molecular complexity index is 797. The number of rotatable bonds is 17. The van der Waals surface area contributed by atoms with E-state index in [0.717, 1.165) is 10.6 Å². The topological polar surface area (TPSA) is 223 Å². The molecule has 0 fully saturated rings. The monoisotopic (exact) mass is 501 g/mol. The number of nitrogens with one attached hydrogen (secondary N) is 1. The molecule has 1 rings (SSSR count). The Morgan fingerprint density at radius 3 is 2.26 bits per heavy atom. The first-order valence-electron chi connectivity index (χ1n) is 11.1. The number of hydrogen-bond acceptors (Lipinski definition) is 10. The number of ether oxygens (including phenoxy) is 1. The number of nitrogens with two attached hydrogens (primary N) is 1. The van der Waals surface area contributed by atoms with Crippen LogP contribution in [-0.2, 0) is 20.9 Å². The van der Waals surface area contributed by atoms with Gasteiger partial charge in [-0.05, 0) is 24.8 Å². The van der Waals surface area contributed by atoms with Crippen molar-refractivity contribution >= 4 is 18.0 Å². The fourth-order valence-electron chi connectivity index (χ4n) is 3.22. The first kappa shape index (κ1) is 30.2. The predicted molar refractivity (Wildman–Crippen MR) is 121 cm³/mol. The third-order valence-electron chi connectivity index (χ3n) is 5.33. The zero-order valence-corrected chi connectivity index (χ0v) is 19.3. The van der Waals surface area contributed by atoms with Crippen molar-refractivity contribution in [1.82, 2.24) is 10.4 Å². The maximum Gasteiger partial charge on any atom is 0.425 e. The van der Waals surface area contributed by atoms with E-state index in [1.165, 1.54) is 0 Å². The van der Waals surface area contributed by atoms with E-state index >= 15 is 0 Å². The van der Waals surface area contributed by atoms with E-state index in [4.69, 9.17) is 20.7 Å². The Kier molecular flexibility index (Phi) is 13.2. The number of hydrazine groups is 1. The highest BCUT2D eigenvalue weighted by atomic mass is 16.6. The van der Waals surface area contributed by atoms with Gasteiger partial charge in [-0.25, -0.2) is 15.2 Å². The summed E-state index contributed by atoms with van der Waals surface area (Å²) in [6.07, 6.45) is -5.29. The molecule has 4 atom stereocenters. The molecule has 35 heavy (non-hydrogen) atoms. The number of unbranched alkanes of at least 4 members (excludes halogenated alkanes) is 3. The quantitative estimate of drug-likeness (QED) is 0.0901. The van der Waals surface area contributed by atoms with Gasteiger partial charge in [-0.1, -0.05) is 43.2 Å². The Labute approximate surface area is 202 Å². The molecule has 1 aromatic rings. The van der Waals surface area contributed by atoms with Crippen LogP contribution < -0.4 is 11.2 Å². The maximum absolute atomic E-state index is 12.2. The summed E-state index contributed by atoms with van der Waals surface area (Å²) >= 11 is 0. The van der Waals surface area contributed by atoms with Crippen LogP contribution in [0.3, 0.4) is 0 Å². The summed E-state index contributed by atoms with van der Waals surface area (Å²) in [5.41, 5.74) is 6.10. The van der Waals surface area contributed by atoms with Gasteiger partial charge in [-0.15, -0.1) is 0 Å². The molecule has 1 aromatic carbocycles.